The molecule has 0 fully saturated rings. The van der Waals surface area contributed by atoms with Crippen LogP contribution in [0.4, 0.5) is 5.69 Å². The number of benzene rings is 1. The Bertz CT molecular complexity index is 655. The molecule has 218 valence electrons. The van der Waals surface area contributed by atoms with E-state index in [-0.39, 0.29) is 0 Å². The van der Waals surface area contributed by atoms with E-state index in [1.165, 1.54) is 166 Å². The van der Waals surface area contributed by atoms with E-state index in [2.05, 4.69) is 66.4 Å². The van der Waals surface area contributed by atoms with Crippen molar-refractivity contribution in [3.05, 3.63) is 42.7 Å². The standard InChI is InChI=1S/C36H64N2/c1-3-5-7-9-11-13-15-16-17-19-21-23-28-32-37-33-34-38(35-29-25-24-26-30-35)36(37)31-27-22-20-18-14-12-10-8-6-4-2/h24-26,29-30,33-34,36H,3-23,27-28,31-32H2,1-2H3. The maximum Gasteiger partial charge on any atom is 0.105 e. The molecule has 1 aromatic rings. The van der Waals surface area contributed by atoms with Crippen LogP contribution in [0.25, 0.3) is 0 Å². The molecule has 1 atom stereocenters. The van der Waals surface area contributed by atoms with Gasteiger partial charge in [-0.2, -0.15) is 0 Å². The smallest absolute Gasteiger partial charge is 0.105 e. The lowest BCUT2D eigenvalue weighted by Gasteiger charge is -2.33. The molecule has 0 saturated carbocycles. The minimum absolute atomic E-state index is 0.503. The third-order valence-electron chi connectivity index (χ3n) is 8.51. The van der Waals surface area contributed by atoms with Gasteiger partial charge in [0.1, 0.15) is 6.17 Å². The monoisotopic (exact) mass is 525 g/mol. The molecule has 1 aliphatic rings. The number of anilines is 1. The van der Waals surface area contributed by atoms with Gasteiger partial charge in [-0.05, 0) is 31.4 Å². The van der Waals surface area contributed by atoms with Gasteiger partial charge in [0, 0.05) is 24.6 Å². The average Bonchev–Trinajstić information content (AvgIpc) is 3.35. The van der Waals surface area contributed by atoms with E-state index >= 15 is 0 Å². The molecule has 2 heteroatoms. The summed E-state index contributed by atoms with van der Waals surface area (Å²) in [5.41, 5.74) is 1.34. The van der Waals surface area contributed by atoms with Gasteiger partial charge in [-0.3, -0.25) is 0 Å². The quantitative estimate of drug-likeness (QED) is 0.111. The van der Waals surface area contributed by atoms with Gasteiger partial charge in [-0.1, -0.05) is 167 Å². The Kier molecular flexibility index (Phi) is 20.2. The van der Waals surface area contributed by atoms with Gasteiger partial charge in [0.25, 0.3) is 0 Å². The zero-order valence-corrected chi connectivity index (χ0v) is 25.7. The fraction of sp³-hybridized carbons (Fsp3) is 0.778. The molecule has 1 aliphatic heterocycles. The molecule has 0 aliphatic carbocycles. The van der Waals surface area contributed by atoms with Crippen molar-refractivity contribution in [2.24, 2.45) is 0 Å². The molecule has 2 nitrogen and oxygen atoms in total. The normalized spacial score (nSPS) is 15.2. The fourth-order valence-corrected chi connectivity index (χ4v) is 6.03. The molecule has 0 aromatic heterocycles. The first-order valence-electron chi connectivity index (χ1n) is 17.1. The van der Waals surface area contributed by atoms with Gasteiger partial charge in [-0.25, -0.2) is 0 Å². The molecule has 0 radical (unpaired) electrons. The Labute approximate surface area is 238 Å². The van der Waals surface area contributed by atoms with Crippen LogP contribution < -0.4 is 4.90 Å². The second-order valence-corrected chi connectivity index (χ2v) is 12.0. The summed E-state index contributed by atoms with van der Waals surface area (Å²) in [6, 6.07) is 11.0. The van der Waals surface area contributed by atoms with E-state index in [1.54, 1.807) is 0 Å². The number of hydrogen-bond donors (Lipinski definition) is 0. The van der Waals surface area contributed by atoms with Crippen molar-refractivity contribution in [3.8, 4) is 0 Å². The Morgan fingerprint density at radius 3 is 1.37 bits per heavy atom. The minimum atomic E-state index is 0.503. The van der Waals surface area contributed by atoms with Gasteiger partial charge in [0.2, 0.25) is 0 Å². The Morgan fingerprint density at radius 1 is 0.474 bits per heavy atom. The molecule has 1 heterocycles. The largest absolute Gasteiger partial charge is 0.356 e. The highest BCUT2D eigenvalue weighted by atomic mass is 15.4. The van der Waals surface area contributed by atoms with E-state index in [0.29, 0.717) is 6.17 Å². The summed E-state index contributed by atoms with van der Waals surface area (Å²) in [6.07, 6.45) is 39.2. The molecule has 0 N–H and O–H groups in total. The molecule has 38 heavy (non-hydrogen) atoms. The van der Waals surface area contributed by atoms with Crippen molar-refractivity contribution in [2.45, 2.75) is 174 Å². The van der Waals surface area contributed by atoms with Crippen LogP contribution in [-0.2, 0) is 0 Å². The number of nitrogens with zero attached hydrogens (tertiary/aromatic N) is 2. The second kappa shape index (κ2) is 23.4. The van der Waals surface area contributed by atoms with E-state index < -0.39 is 0 Å². The predicted molar refractivity (Wildman–Crippen MR) is 171 cm³/mol. The molecule has 0 amide bonds. The molecular formula is C36H64N2. The first kappa shape index (κ1) is 32.8. The zero-order chi connectivity index (χ0) is 26.9. The third kappa shape index (κ3) is 15.2. The molecule has 2 rings (SSSR count). The number of para-hydroxylation sites is 1. The van der Waals surface area contributed by atoms with Crippen LogP contribution in [-0.4, -0.2) is 17.6 Å². The van der Waals surface area contributed by atoms with Crippen molar-refractivity contribution in [3.63, 3.8) is 0 Å². The summed E-state index contributed by atoms with van der Waals surface area (Å²) in [5, 5.41) is 0. The van der Waals surface area contributed by atoms with Crippen LogP contribution in [0.2, 0.25) is 0 Å². The first-order chi connectivity index (χ1) is 18.9. The van der Waals surface area contributed by atoms with Gasteiger partial charge in [-0.15, -0.1) is 0 Å². The van der Waals surface area contributed by atoms with E-state index in [9.17, 15) is 0 Å². The lowest BCUT2D eigenvalue weighted by atomic mass is 10.0. The molecule has 0 saturated heterocycles. The van der Waals surface area contributed by atoms with E-state index in [4.69, 9.17) is 0 Å². The Hall–Kier alpha value is -1.44. The molecule has 1 aromatic carbocycles. The maximum atomic E-state index is 2.64. The highest BCUT2D eigenvalue weighted by Crippen LogP contribution is 2.28. The SMILES string of the molecule is CCCCCCCCCCCCCCCN1C=CN(c2ccccc2)C1CCCCCCCCCCCC. The fourth-order valence-electron chi connectivity index (χ4n) is 6.03. The lowest BCUT2D eigenvalue weighted by Crippen LogP contribution is -2.39. The minimum Gasteiger partial charge on any atom is -0.356 e. The topological polar surface area (TPSA) is 6.48 Å². The highest BCUT2D eigenvalue weighted by Gasteiger charge is 2.26. The molecular weight excluding hydrogens is 460 g/mol. The van der Waals surface area contributed by atoms with Crippen molar-refractivity contribution in [2.75, 3.05) is 11.4 Å². The van der Waals surface area contributed by atoms with Gasteiger partial charge in [0.15, 0.2) is 0 Å². The first-order valence-corrected chi connectivity index (χ1v) is 17.1. The predicted octanol–water partition coefficient (Wildman–Crippen LogP) is 12.0. The Balaban J connectivity index is 1.58. The van der Waals surface area contributed by atoms with E-state index in [1.807, 2.05) is 0 Å². The van der Waals surface area contributed by atoms with Gasteiger partial charge < -0.3 is 9.80 Å². The lowest BCUT2D eigenvalue weighted by molar-refractivity contribution is 0.273. The van der Waals surface area contributed by atoms with Crippen molar-refractivity contribution in [1.82, 2.24) is 4.90 Å². The molecule has 0 bridgehead atoms. The zero-order valence-electron chi connectivity index (χ0n) is 25.7. The summed E-state index contributed by atoms with van der Waals surface area (Å²) >= 11 is 0. The number of rotatable bonds is 26. The van der Waals surface area contributed by atoms with Crippen LogP contribution in [0.5, 0.6) is 0 Å². The molecule has 1 unspecified atom stereocenters. The van der Waals surface area contributed by atoms with Crippen LogP contribution >= 0.6 is 0 Å². The van der Waals surface area contributed by atoms with Crippen LogP contribution in [0.3, 0.4) is 0 Å². The summed E-state index contributed by atoms with van der Waals surface area (Å²) < 4.78 is 0. The van der Waals surface area contributed by atoms with Crippen molar-refractivity contribution in [1.29, 1.82) is 0 Å². The van der Waals surface area contributed by atoms with Crippen LogP contribution in [0.15, 0.2) is 42.7 Å². The summed E-state index contributed by atoms with van der Waals surface area (Å²) in [4.78, 5) is 5.16. The van der Waals surface area contributed by atoms with Gasteiger partial charge in [0.05, 0.1) is 0 Å². The van der Waals surface area contributed by atoms with Crippen molar-refractivity contribution >= 4 is 5.69 Å². The maximum absolute atomic E-state index is 2.64. The number of hydrogen-bond acceptors (Lipinski definition) is 2. The van der Waals surface area contributed by atoms with Crippen LogP contribution in [0.1, 0.15) is 168 Å². The third-order valence-corrected chi connectivity index (χ3v) is 8.51. The van der Waals surface area contributed by atoms with Crippen LogP contribution in [0, 0.1) is 0 Å². The second-order valence-electron chi connectivity index (χ2n) is 12.0. The summed E-state index contributed by atoms with van der Waals surface area (Å²) in [6.45, 7) is 5.82. The Morgan fingerprint density at radius 2 is 0.895 bits per heavy atom. The number of unbranched alkanes of at least 4 members (excludes halogenated alkanes) is 21. The molecule has 0 spiro atoms. The summed E-state index contributed by atoms with van der Waals surface area (Å²) in [7, 11) is 0. The van der Waals surface area contributed by atoms with E-state index in [0.717, 1.165) is 0 Å². The highest BCUT2D eigenvalue weighted by molar-refractivity contribution is 5.51. The summed E-state index contributed by atoms with van der Waals surface area (Å²) in [5.74, 6) is 0. The van der Waals surface area contributed by atoms with Gasteiger partial charge >= 0.3 is 0 Å². The van der Waals surface area contributed by atoms with Crippen molar-refractivity contribution < 1.29 is 0 Å². The average molecular weight is 525 g/mol.